The molecule has 1 amide bonds. The lowest BCUT2D eigenvalue weighted by Crippen LogP contribution is -2.47. The summed E-state index contributed by atoms with van der Waals surface area (Å²) in [6, 6.07) is 8.56. The van der Waals surface area contributed by atoms with Gasteiger partial charge in [0.25, 0.3) is 5.56 Å². The molecule has 3 aromatic rings. The topological polar surface area (TPSA) is 64.3 Å². The lowest BCUT2D eigenvalue weighted by atomic mass is 10.00. The number of halogens is 1. The third-order valence-corrected chi connectivity index (χ3v) is 6.66. The molecule has 1 aliphatic heterocycles. The number of rotatable bonds is 4. The van der Waals surface area contributed by atoms with Crippen LogP contribution in [0.25, 0.3) is 15.9 Å². The van der Waals surface area contributed by atoms with E-state index in [0.29, 0.717) is 27.5 Å². The molecule has 4 rings (SSSR count). The molecule has 1 saturated heterocycles. The number of carbonyl (C=O) groups is 1. The van der Waals surface area contributed by atoms with Crippen LogP contribution in [0.4, 0.5) is 0 Å². The second-order valence-corrected chi connectivity index (χ2v) is 8.62. The van der Waals surface area contributed by atoms with E-state index in [-0.39, 0.29) is 18.5 Å². The highest BCUT2D eigenvalue weighted by Gasteiger charge is 2.27. The van der Waals surface area contributed by atoms with E-state index in [1.807, 2.05) is 4.90 Å². The summed E-state index contributed by atoms with van der Waals surface area (Å²) in [7, 11) is 0. The van der Waals surface area contributed by atoms with Crippen molar-refractivity contribution in [2.75, 3.05) is 6.54 Å². The van der Waals surface area contributed by atoms with Gasteiger partial charge in [0.05, 0.1) is 11.2 Å². The van der Waals surface area contributed by atoms with Crippen molar-refractivity contribution in [3.05, 3.63) is 61.6 Å². The molecule has 0 bridgehead atoms. The first-order chi connectivity index (χ1) is 14.0. The highest BCUT2D eigenvalue weighted by molar-refractivity contribution is 7.17. The van der Waals surface area contributed by atoms with E-state index in [9.17, 15) is 14.4 Å². The lowest BCUT2D eigenvalue weighted by molar-refractivity contribution is -0.135. The number of hydrogen-bond acceptors (Lipinski definition) is 4. The maximum atomic E-state index is 13.3. The molecule has 0 unspecified atom stereocenters. The van der Waals surface area contributed by atoms with E-state index in [4.69, 9.17) is 11.6 Å². The predicted molar refractivity (Wildman–Crippen MR) is 116 cm³/mol. The van der Waals surface area contributed by atoms with Crippen LogP contribution in [0.15, 0.2) is 45.3 Å². The SMILES string of the molecule is CC[C@H]1CCCCN1C(=O)Cn1c(=O)n(-c2cccc(Cl)c2)c(=O)c2sccc21. The molecule has 8 heteroatoms. The number of likely N-dealkylation sites (tertiary alicyclic amines) is 1. The van der Waals surface area contributed by atoms with E-state index in [0.717, 1.165) is 30.3 Å². The molecule has 1 atom stereocenters. The van der Waals surface area contributed by atoms with Gasteiger partial charge in [-0.25, -0.2) is 9.36 Å². The maximum Gasteiger partial charge on any atom is 0.336 e. The third-order valence-electron chi connectivity index (χ3n) is 5.53. The number of carbonyl (C=O) groups excluding carboxylic acids is 1. The Balaban J connectivity index is 1.82. The molecule has 6 nitrogen and oxygen atoms in total. The van der Waals surface area contributed by atoms with Crippen LogP contribution in [0.3, 0.4) is 0 Å². The van der Waals surface area contributed by atoms with Gasteiger partial charge in [-0.05, 0) is 55.3 Å². The van der Waals surface area contributed by atoms with E-state index in [1.54, 1.807) is 35.7 Å². The Hall–Kier alpha value is -2.38. The third kappa shape index (κ3) is 3.65. The number of hydrogen-bond donors (Lipinski definition) is 0. The highest BCUT2D eigenvalue weighted by atomic mass is 35.5. The second-order valence-electron chi connectivity index (χ2n) is 7.27. The van der Waals surface area contributed by atoms with Crippen LogP contribution in [0, 0.1) is 0 Å². The summed E-state index contributed by atoms with van der Waals surface area (Å²) in [6.45, 7) is 2.72. The van der Waals surface area contributed by atoms with Crippen LogP contribution < -0.4 is 11.2 Å². The van der Waals surface area contributed by atoms with Gasteiger partial charge < -0.3 is 4.90 Å². The number of amides is 1. The summed E-state index contributed by atoms with van der Waals surface area (Å²) in [5.41, 5.74) is -0.0213. The molecular weight excluding hydrogens is 410 g/mol. The van der Waals surface area contributed by atoms with Crippen molar-refractivity contribution >= 4 is 39.1 Å². The Bertz CT molecular complexity index is 1180. The molecule has 0 N–H and O–H groups in total. The minimum absolute atomic E-state index is 0.0799. The van der Waals surface area contributed by atoms with Gasteiger partial charge in [0.15, 0.2) is 0 Å². The van der Waals surface area contributed by atoms with E-state index in [2.05, 4.69) is 6.92 Å². The molecule has 1 aromatic carbocycles. The van der Waals surface area contributed by atoms with Gasteiger partial charge in [-0.15, -0.1) is 11.3 Å². The van der Waals surface area contributed by atoms with Gasteiger partial charge in [-0.1, -0.05) is 24.6 Å². The van der Waals surface area contributed by atoms with E-state index >= 15 is 0 Å². The zero-order valence-corrected chi connectivity index (χ0v) is 17.7. The Kier molecular flexibility index (Phi) is 5.61. The van der Waals surface area contributed by atoms with Crippen molar-refractivity contribution in [3.63, 3.8) is 0 Å². The summed E-state index contributed by atoms with van der Waals surface area (Å²) < 4.78 is 2.96. The fourth-order valence-electron chi connectivity index (χ4n) is 4.06. The van der Waals surface area contributed by atoms with Gasteiger partial charge >= 0.3 is 5.69 Å². The Morgan fingerprint density at radius 3 is 2.83 bits per heavy atom. The molecule has 0 radical (unpaired) electrons. The molecule has 1 aliphatic rings. The normalized spacial score (nSPS) is 17.0. The first-order valence-electron chi connectivity index (χ1n) is 9.79. The number of thiophene rings is 1. The minimum atomic E-state index is -0.526. The fourth-order valence-corrected chi connectivity index (χ4v) is 5.07. The van der Waals surface area contributed by atoms with Gasteiger partial charge in [-0.3, -0.25) is 14.2 Å². The Morgan fingerprint density at radius 1 is 1.24 bits per heavy atom. The smallest absolute Gasteiger partial charge is 0.336 e. The average molecular weight is 432 g/mol. The summed E-state index contributed by atoms with van der Waals surface area (Å²) >= 11 is 7.34. The number of piperidine rings is 1. The van der Waals surface area contributed by atoms with Crippen molar-refractivity contribution in [1.29, 1.82) is 0 Å². The zero-order valence-electron chi connectivity index (χ0n) is 16.1. The molecular formula is C21H22ClN3O3S. The standard InChI is InChI=1S/C21H22ClN3O3S/c1-2-15-7-3-4-10-23(15)18(26)13-24-17-9-11-29-19(17)20(27)25(21(24)28)16-8-5-6-14(22)12-16/h5-6,8-9,11-12,15H,2-4,7,10,13H2,1H3/t15-/m0/s1. The largest absolute Gasteiger partial charge is 0.338 e. The number of aromatic nitrogens is 2. The average Bonchev–Trinajstić information content (AvgIpc) is 3.21. The molecule has 29 heavy (non-hydrogen) atoms. The fraction of sp³-hybridized carbons (Fsp3) is 0.381. The van der Waals surface area contributed by atoms with Crippen molar-refractivity contribution in [2.45, 2.75) is 45.2 Å². The number of nitrogens with zero attached hydrogens (tertiary/aromatic N) is 3. The quantitative estimate of drug-likeness (QED) is 0.633. The Morgan fingerprint density at radius 2 is 2.07 bits per heavy atom. The predicted octanol–water partition coefficient (Wildman–Crippen LogP) is 3.66. The summed E-state index contributed by atoms with van der Waals surface area (Å²) in [5.74, 6) is -0.0811. The summed E-state index contributed by atoms with van der Waals surface area (Å²) in [5, 5.41) is 2.20. The monoisotopic (exact) mass is 431 g/mol. The minimum Gasteiger partial charge on any atom is -0.338 e. The first-order valence-corrected chi connectivity index (χ1v) is 11.1. The molecule has 2 aromatic heterocycles. The van der Waals surface area contributed by atoms with Crippen molar-refractivity contribution in [1.82, 2.24) is 14.0 Å². The summed E-state index contributed by atoms with van der Waals surface area (Å²) in [6.07, 6.45) is 3.99. The van der Waals surface area contributed by atoms with Crippen LogP contribution in [0.1, 0.15) is 32.6 Å². The van der Waals surface area contributed by atoms with Crippen molar-refractivity contribution < 1.29 is 4.79 Å². The molecule has 3 heterocycles. The van der Waals surface area contributed by atoms with Gasteiger partial charge in [-0.2, -0.15) is 0 Å². The van der Waals surface area contributed by atoms with E-state index < -0.39 is 11.2 Å². The Labute approximate surface area is 176 Å². The first kappa shape index (κ1) is 19.9. The molecule has 0 aliphatic carbocycles. The van der Waals surface area contributed by atoms with Crippen LogP contribution in [-0.4, -0.2) is 32.5 Å². The van der Waals surface area contributed by atoms with Crippen LogP contribution in [0.2, 0.25) is 5.02 Å². The van der Waals surface area contributed by atoms with Crippen molar-refractivity contribution in [3.8, 4) is 5.69 Å². The lowest BCUT2D eigenvalue weighted by Gasteiger charge is -2.35. The van der Waals surface area contributed by atoms with Gasteiger partial charge in [0, 0.05) is 17.6 Å². The molecule has 152 valence electrons. The van der Waals surface area contributed by atoms with E-state index in [1.165, 1.54) is 15.9 Å². The molecule has 1 fully saturated rings. The second kappa shape index (κ2) is 8.16. The maximum absolute atomic E-state index is 13.3. The molecule has 0 spiro atoms. The van der Waals surface area contributed by atoms with Crippen LogP contribution in [0.5, 0.6) is 0 Å². The van der Waals surface area contributed by atoms with Crippen molar-refractivity contribution in [2.24, 2.45) is 0 Å². The van der Waals surface area contributed by atoms with Crippen LogP contribution in [-0.2, 0) is 11.3 Å². The number of benzene rings is 1. The molecule has 0 saturated carbocycles. The highest BCUT2D eigenvalue weighted by Crippen LogP contribution is 2.21. The number of fused-ring (bicyclic) bond motifs is 1. The van der Waals surface area contributed by atoms with Crippen LogP contribution >= 0.6 is 22.9 Å². The van der Waals surface area contributed by atoms with Gasteiger partial charge in [0.1, 0.15) is 11.2 Å². The summed E-state index contributed by atoms with van der Waals surface area (Å²) in [4.78, 5) is 41.3. The zero-order chi connectivity index (χ0) is 20.5. The van der Waals surface area contributed by atoms with Gasteiger partial charge in [0.2, 0.25) is 5.91 Å².